The van der Waals surface area contributed by atoms with Crippen LogP contribution >= 0.6 is 0 Å². The molecule has 2 fully saturated rings. The molecule has 2 unspecified atom stereocenters. The number of rotatable bonds is 6. The summed E-state index contributed by atoms with van der Waals surface area (Å²) in [5.41, 5.74) is 4.26. The average Bonchev–Trinajstić information content (AvgIpc) is 3.85. The van der Waals surface area contributed by atoms with Crippen molar-refractivity contribution in [3.05, 3.63) is 70.3 Å². The van der Waals surface area contributed by atoms with Crippen molar-refractivity contribution in [3.8, 4) is 22.8 Å². The van der Waals surface area contributed by atoms with E-state index in [9.17, 15) is 9.59 Å². The number of carboxylic acids is 1. The highest BCUT2D eigenvalue weighted by Crippen LogP contribution is 2.28. The van der Waals surface area contributed by atoms with Crippen molar-refractivity contribution >= 4 is 11.9 Å². The van der Waals surface area contributed by atoms with Gasteiger partial charge in [0.2, 0.25) is 0 Å². The van der Waals surface area contributed by atoms with Crippen molar-refractivity contribution in [1.29, 1.82) is 0 Å². The Morgan fingerprint density at radius 2 is 1.28 bits per heavy atom. The van der Waals surface area contributed by atoms with E-state index in [1.165, 1.54) is 7.11 Å². The number of nitrogens with zero attached hydrogens (tertiary/aromatic N) is 4. The number of carboxylic acid groups (broad SMARTS) is 1. The molecule has 13 nitrogen and oxygen atoms in total. The summed E-state index contributed by atoms with van der Waals surface area (Å²) in [6.45, 7) is 6.71. The van der Waals surface area contributed by atoms with E-state index in [2.05, 4.69) is 30.4 Å². The van der Waals surface area contributed by atoms with Gasteiger partial charge in [-0.3, -0.25) is 10.2 Å². The van der Waals surface area contributed by atoms with Crippen molar-refractivity contribution in [2.75, 3.05) is 40.6 Å². The number of benzene rings is 2. The van der Waals surface area contributed by atoms with Gasteiger partial charge in [0, 0.05) is 43.3 Å². The van der Waals surface area contributed by atoms with E-state index in [-0.39, 0.29) is 23.4 Å². The van der Waals surface area contributed by atoms with Gasteiger partial charge in [-0.05, 0) is 62.1 Å². The SMILES string of the molecule is CO.COC(=O)c1ccc(C)c(-c2n[nH]c(C3CCOC3)n2)c1.Cc1ccc(C(=O)O)cc1-c1n[nH]c(C2CCOC2)n1. The number of carbonyl (C=O) groups excluding carboxylic acids is 1. The van der Waals surface area contributed by atoms with E-state index in [1.807, 2.05) is 19.9 Å². The molecule has 4 heterocycles. The van der Waals surface area contributed by atoms with E-state index in [4.69, 9.17) is 24.4 Å². The summed E-state index contributed by atoms with van der Waals surface area (Å²) in [7, 11) is 2.37. The first-order valence-corrected chi connectivity index (χ1v) is 13.8. The second-order valence-corrected chi connectivity index (χ2v) is 10.1. The fourth-order valence-corrected chi connectivity index (χ4v) is 4.76. The molecule has 2 aromatic heterocycles. The lowest BCUT2D eigenvalue weighted by atomic mass is 10.0. The molecule has 2 saturated heterocycles. The molecule has 0 amide bonds. The summed E-state index contributed by atoms with van der Waals surface area (Å²) in [6.07, 6.45) is 1.89. The van der Waals surface area contributed by atoms with Crippen molar-refractivity contribution in [2.45, 2.75) is 38.5 Å². The van der Waals surface area contributed by atoms with Gasteiger partial charge in [-0.2, -0.15) is 10.2 Å². The predicted molar refractivity (Wildman–Crippen MR) is 156 cm³/mol. The van der Waals surface area contributed by atoms with Crippen LogP contribution in [0, 0.1) is 13.8 Å². The summed E-state index contributed by atoms with van der Waals surface area (Å²) >= 11 is 0. The number of carbonyl (C=O) groups is 2. The van der Waals surface area contributed by atoms with Crippen molar-refractivity contribution in [3.63, 3.8) is 0 Å². The molecule has 4 N–H and O–H groups in total. The van der Waals surface area contributed by atoms with Crippen LogP contribution in [-0.4, -0.2) is 93.2 Å². The van der Waals surface area contributed by atoms with Gasteiger partial charge in [-0.15, -0.1) is 0 Å². The summed E-state index contributed by atoms with van der Waals surface area (Å²) in [4.78, 5) is 31.7. The summed E-state index contributed by atoms with van der Waals surface area (Å²) in [5, 5.41) is 30.5. The Bertz CT molecular complexity index is 1540. The van der Waals surface area contributed by atoms with E-state index >= 15 is 0 Å². The number of ether oxygens (including phenoxy) is 3. The molecular formula is C30H36N6O7. The first kappa shape index (κ1) is 31.5. The van der Waals surface area contributed by atoms with E-state index < -0.39 is 5.97 Å². The van der Waals surface area contributed by atoms with Crippen LogP contribution < -0.4 is 0 Å². The third kappa shape index (κ3) is 7.49. The third-order valence-electron chi connectivity index (χ3n) is 7.26. The molecule has 4 aromatic rings. The molecule has 2 aliphatic rings. The number of aromatic amines is 2. The zero-order chi connectivity index (χ0) is 30.9. The fraction of sp³-hybridized carbons (Fsp3) is 0.400. The number of aromatic carboxylic acids is 1. The normalized spacial score (nSPS) is 17.4. The lowest BCUT2D eigenvalue weighted by molar-refractivity contribution is 0.0599. The van der Waals surface area contributed by atoms with Crippen molar-refractivity contribution in [1.82, 2.24) is 30.4 Å². The number of aromatic nitrogens is 6. The smallest absolute Gasteiger partial charge is 0.337 e. The monoisotopic (exact) mass is 592 g/mol. The van der Waals surface area contributed by atoms with Crippen molar-refractivity contribution in [2.24, 2.45) is 0 Å². The number of aliphatic hydroxyl groups is 1. The summed E-state index contributed by atoms with van der Waals surface area (Å²) in [6, 6.07) is 10.3. The number of aliphatic hydroxyl groups excluding tert-OH is 1. The average molecular weight is 593 g/mol. The maximum Gasteiger partial charge on any atom is 0.337 e. The Balaban J connectivity index is 0.000000186. The summed E-state index contributed by atoms with van der Waals surface area (Å²) < 4.78 is 15.5. The highest BCUT2D eigenvalue weighted by atomic mass is 16.5. The fourth-order valence-electron chi connectivity index (χ4n) is 4.76. The Morgan fingerprint density at radius 3 is 1.70 bits per heavy atom. The molecular weight excluding hydrogens is 556 g/mol. The van der Waals surface area contributed by atoms with E-state index in [0.717, 1.165) is 67.1 Å². The van der Waals surface area contributed by atoms with Gasteiger partial charge in [0.1, 0.15) is 11.6 Å². The first-order chi connectivity index (χ1) is 20.8. The molecule has 0 saturated carbocycles. The van der Waals surface area contributed by atoms with Crippen LogP contribution in [0.15, 0.2) is 36.4 Å². The molecule has 0 bridgehead atoms. The molecule has 0 aliphatic carbocycles. The zero-order valence-corrected chi connectivity index (χ0v) is 24.6. The van der Waals surface area contributed by atoms with Crippen LogP contribution in [0.2, 0.25) is 0 Å². The Hall–Kier alpha value is -4.46. The van der Waals surface area contributed by atoms with E-state index in [1.54, 1.807) is 30.3 Å². The number of aryl methyl sites for hydroxylation is 2. The number of H-pyrrole nitrogens is 2. The molecule has 0 spiro atoms. The van der Waals surface area contributed by atoms with Gasteiger partial charge in [-0.1, -0.05) is 12.1 Å². The van der Waals surface area contributed by atoms with Gasteiger partial charge in [-0.25, -0.2) is 19.6 Å². The molecule has 2 atom stereocenters. The number of hydrogen-bond acceptors (Lipinski definition) is 10. The number of esters is 1. The quantitative estimate of drug-likeness (QED) is 0.239. The van der Waals surface area contributed by atoms with Crippen molar-refractivity contribution < 1.29 is 34.0 Å². The number of nitrogens with one attached hydrogen (secondary N) is 2. The highest BCUT2D eigenvalue weighted by molar-refractivity contribution is 5.91. The minimum Gasteiger partial charge on any atom is -0.478 e. The predicted octanol–water partition coefficient (Wildman–Crippen LogP) is 3.66. The van der Waals surface area contributed by atoms with Crippen LogP contribution in [0.25, 0.3) is 22.8 Å². The first-order valence-electron chi connectivity index (χ1n) is 13.8. The van der Waals surface area contributed by atoms with Gasteiger partial charge in [0.15, 0.2) is 11.6 Å². The van der Waals surface area contributed by atoms with E-state index in [0.29, 0.717) is 30.4 Å². The van der Waals surface area contributed by atoms with Crippen LogP contribution in [0.1, 0.15) is 68.2 Å². The lowest BCUT2D eigenvalue weighted by Gasteiger charge is -2.05. The van der Waals surface area contributed by atoms with Crippen LogP contribution in [0.5, 0.6) is 0 Å². The molecule has 0 radical (unpaired) electrons. The molecule has 13 heteroatoms. The zero-order valence-electron chi connectivity index (χ0n) is 24.6. The topological polar surface area (TPSA) is 185 Å². The minimum atomic E-state index is -0.953. The van der Waals surface area contributed by atoms with Crippen LogP contribution in [0.3, 0.4) is 0 Å². The third-order valence-corrected chi connectivity index (χ3v) is 7.26. The molecule has 43 heavy (non-hydrogen) atoms. The molecule has 2 aliphatic heterocycles. The number of methoxy groups -OCH3 is 1. The lowest BCUT2D eigenvalue weighted by Crippen LogP contribution is -2.02. The maximum atomic E-state index is 11.6. The molecule has 6 rings (SSSR count). The highest BCUT2D eigenvalue weighted by Gasteiger charge is 2.23. The van der Waals surface area contributed by atoms with Gasteiger partial charge >= 0.3 is 11.9 Å². The maximum absolute atomic E-state index is 11.6. The van der Waals surface area contributed by atoms with Gasteiger partial charge < -0.3 is 24.4 Å². The second kappa shape index (κ2) is 14.6. The largest absolute Gasteiger partial charge is 0.478 e. The van der Waals surface area contributed by atoms with Gasteiger partial charge in [0.25, 0.3) is 0 Å². The van der Waals surface area contributed by atoms with Crippen LogP contribution in [0.4, 0.5) is 0 Å². The minimum absolute atomic E-state index is 0.237. The van der Waals surface area contributed by atoms with Gasteiger partial charge in [0.05, 0.1) is 31.5 Å². The second-order valence-electron chi connectivity index (χ2n) is 10.1. The molecule has 228 valence electrons. The Kier molecular flexibility index (Phi) is 10.7. The standard InChI is InChI=1S/C15H17N3O3.C14H15N3O3.CH4O/c1-9-3-4-10(15(19)20-2)7-12(9)14-16-13(17-18-14)11-5-6-21-8-11;1-8-2-3-9(14(18)19)6-11(8)13-15-12(16-17-13)10-4-5-20-7-10;1-2/h3-4,7,11H,5-6,8H2,1-2H3,(H,16,17,18);2-3,6,10H,4-5,7H2,1H3,(H,18,19)(H,15,16,17);2H,1H3. The Labute approximate surface area is 248 Å². The van der Waals surface area contributed by atoms with Crippen LogP contribution in [-0.2, 0) is 14.2 Å². The summed E-state index contributed by atoms with van der Waals surface area (Å²) in [5.74, 6) is 1.98. The number of hydrogen-bond donors (Lipinski definition) is 4. The Morgan fingerprint density at radius 1 is 0.814 bits per heavy atom. The molecule has 2 aromatic carbocycles.